The van der Waals surface area contributed by atoms with Gasteiger partial charge in [0.2, 0.25) is 5.88 Å². The maximum atomic E-state index is 12.5. The van der Waals surface area contributed by atoms with Crippen molar-refractivity contribution in [2.24, 2.45) is 14.1 Å². The summed E-state index contributed by atoms with van der Waals surface area (Å²) < 4.78 is 8.49. The van der Waals surface area contributed by atoms with Gasteiger partial charge in [0.15, 0.2) is 0 Å². The minimum atomic E-state index is -0.313. The normalized spacial score (nSPS) is 10.8. The zero-order valence-corrected chi connectivity index (χ0v) is 13.7. The SMILES string of the molecule is CCOc1ncccc1C(=O)Nc1ccc2c(c1)n(C)c(=O)n2C. The Kier molecular flexibility index (Phi) is 4.07. The number of pyridine rings is 1. The summed E-state index contributed by atoms with van der Waals surface area (Å²) in [5.41, 5.74) is 2.40. The number of aryl methyl sites for hydroxylation is 2. The van der Waals surface area contributed by atoms with Crippen molar-refractivity contribution in [3.05, 3.63) is 52.6 Å². The van der Waals surface area contributed by atoms with Crippen LogP contribution in [0.2, 0.25) is 0 Å². The molecule has 1 aromatic carbocycles. The van der Waals surface area contributed by atoms with Crippen LogP contribution in [0.1, 0.15) is 17.3 Å². The van der Waals surface area contributed by atoms with Crippen molar-refractivity contribution in [1.29, 1.82) is 0 Å². The van der Waals surface area contributed by atoms with Crippen molar-refractivity contribution < 1.29 is 9.53 Å². The van der Waals surface area contributed by atoms with E-state index in [-0.39, 0.29) is 11.6 Å². The number of carbonyl (C=O) groups is 1. The number of aromatic nitrogens is 3. The van der Waals surface area contributed by atoms with Crippen LogP contribution in [0.25, 0.3) is 11.0 Å². The van der Waals surface area contributed by atoms with E-state index >= 15 is 0 Å². The Hall–Kier alpha value is -3.09. The second-order valence-electron chi connectivity index (χ2n) is 5.35. The Morgan fingerprint density at radius 3 is 2.71 bits per heavy atom. The molecule has 2 heterocycles. The van der Waals surface area contributed by atoms with E-state index in [2.05, 4.69) is 10.3 Å². The lowest BCUT2D eigenvalue weighted by molar-refractivity contribution is 0.102. The Balaban J connectivity index is 1.94. The van der Waals surface area contributed by atoms with Crippen LogP contribution in [0.15, 0.2) is 41.3 Å². The third-order valence-electron chi connectivity index (χ3n) is 3.83. The molecule has 0 saturated heterocycles. The van der Waals surface area contributed by atoms with E-state index in [4.69, 9.17) is 4.74 Å². The highest BCUT2D eigenvalue weighted by molar-refractivity contribution is 6.06. The first-order chi connectivity index (χ1) is 11.5. The van der Waals surface area contributed by atoms with Gasteiger partial charge in [-0.25, -0.2) is 9.78 Å². The van der Waals surface area contributed by atoms with Gasteiger partial charge < -0.3 is 10.1 Å². The van der Waals surface area contributed by atoms with Crippen molar-refractivity contribution in [2.45, 2.75) is 6.92 Å². The van der Waals surface area contributed by atoms with Crippen LogP contribution in [0.5, 0.6) is 5.88 Å². The number of imidazole rings is 1. The van der Waals surface area contributed by atoms with E-state index in [1.807, 2.05) is 6.92 Å². The van der Waals surface area contributed by atoms with Crippen LogP contribution in [0.3, 0.4) is 0 Å². The fourth-order valence-electron chi connectivity index (χ4n) is 2.60. The molecule has 0 unspecified atom stereocenters. The molecule has 7 heteroatoms. The molecule has 0 radical (unpaired) electrons. The largest absolute Gasteiger partial charge is 0.477 e. The number of hydrogen-bond acceptors (Lipinski definition) is 4. The summed E-state index contributed by atoms with van der Waals surface area (Å²) in [4.78, 5) is 28.5. The summed E-state index contributed by atoms with van der Waals surface area (Å²) in [5, 5.41) is 2.82. The van der Waals surface area contributed by atoms with Crippen LogP contribution < -0.4 is 15.7 Å². The number of benzene rings is 1. The first-order valence-corrected chi connectivity index (χ1v) is 7.57. The van der Waals surface area contributed by atoms with E-state index in [0.717, 1.165) is 11.0 Å². The third kappa shape index (κ3) is 2.64. The van der Waals surface area contributed by atoms with Gasteiger partial charge in [0.25, 0.3) is 5.91 Å². The van der Waals surface area contributed by atoms with Crippen LogP contribution in [-0.2, 0) is 14.1 Å². The van der Waals surface area contributed by atoms with Crippen molar-refractivity contribution in [3.63, 3.8) is 0 Å². The van der Waals surface area contributed by atoms with Crippen LogP contribution in [-0.4, -0.2) is 26.6 Å². The number of nitrogens with zero attached hydrogens (tertiary/aromatic N) is 3. The predicted octanol–water partition coefficient (Wildman–Crippen LogP) is 1.92. The predicted molar refractivity (Wildman–Crippen MR) is 91.5 cm³/mol. The minimum Gasteiger partial charge on any atom is -0.477 e. The van der Waals surface area contributed by atoms with Gasteiger partial charge in [-0.3, -0.25) is 13.9 Å². The van der Waals surface area contributed by atoms with E-state index in [0.29, 0.717) is 23.7 Å². The number of fused-ring (bicyclic) bond motifs is 1. The molecule has 3 aromatic rings. The summed E-state index contributed by atoms with van der Waals surface area (Å²) in [6, 6.07) is 8.67. The average Bonchev–Trinajstić information content (AvgIpc) is 2.80. The molecule has 24 heavy (non-hydrogen) atoms. The standard InChI is InChI=1S/C17H18N4O3/c1-4-24-16-12(6-5-9-18-16)15(22)19-11-7-8-13-14(10-11)21(3)17(23)20(13)2/h5-10H,4H2,1-3H3,(H,19,22). The zero-order valence-electron chi connectivity index (χ0n) is 13.7. The molecule has 1 amide bonds. The first kappa shape index (κ1) is 15.8. The lowest BCUT2D eigenvalue weighted by atomic mass is 10.2. The quantitative estimate of drug-likeness (QED) is 0.794. The fraction of sp³-hybridized carbons (Fsp3) is 0.235. The minimum absolute atomic E-state index is 0.112. The van der Waals surface area contributed by atoms with Gasteiger partial charge in [0, 0.05) is 26.0 Å². The number of nitrogens with one attached hydrogen (secondary N) is 1. The zero-order chi connectivity index (χ0) is 17.3. The molecule has 3 rings (SSSR count). The van der Waals surface area contributed by atoms with Gasteiger partial charge in [-0.1, -0.05) is 0 Å². The Labute approximate surface area is 138 Å². The van der Waals surface area contributed by atoms with Crippen LogP contribution >= 0.6 is 0 Å². The Bertz CT molecular complexity index is 972. The highest BCUT2D eigenvalue weighted by atomic mass is 16.5. The molecule has 1 N–H and O–H groups in total. The molecule has 0 fully saturated rings. The summed E-state index contributed by atoms with van der Waals surface area (Å²) in [5.74, 6) is -0.0162. The summed E-state index contributed by atoms with van der Waals surface area (Å²) >= 11 is 0. The molecule has 2 aromatic heterocycles. The van der Waals surface area contributed by atoms with Gasteiger partial charge in [0.05, 0.1) is 17.6 Å². The van der Waals surface area contributed by atoms with E-state index < -0.39 is 0 Å². The average molecular weight is 326 g/mol. The second kappa shape index (κ2) is 6.19. The molecule has 0 aliphatic heterocycles. The molecule has 0 aliphatic carbocycles. The van der Waals surface area contributed by atoms with Gasteiger partial charge in [0.1, 0.15) is 5.56 Å². The summed E-state index contributed by atoms with van der Waals surface area (Å²) in [6.07, 6.45) is 1.58. The Morgan fingerprint density at radius 1 is 1.21 bits per heavy atom. The Morgan fingerprint density at radius 2 is 1.96 bits per heavy atom. The number of anilines is 1. The van der Waals surface area contributed by atoms with Crippen molar-refractivity contribution in [2.75, 3.05) is 11.9 Å². The highest BCUT2D eigenvalue weighted by Crippen LogP contribution is 2.20. The topological polar surface area (TPSA) is 78.2 Å². The molecule has 0 bridgehead atoms. The highest BCUT2D eigenvalue weighted by Gasteiger charge is 2.15. The molecular weight excluding hydrogens is 308 g/mol. The molecule has 0 spiro atoms. The molecule has 0 saturated carbocycles. The molecular formula is C17H18N4O3. The fourth-order valence-corrected chi connectivity index (χ4v) is 2.60. The molecule has 7 nitrogen and oxygen atoms in total. The maximum absolute atomic E-state index is 12.5. The summed E-state index contributed by atoms with van der Waals surface area (Å²) in [6.45, 7) is 2.26. The van der Waals surface area contributed by atoms with E-state index in [9.17, 15) is 9.59 Å². The number of hydrogen-bond donors (Lipinski definition) is 1. The molecule has 0 atom stereocenters. The number of ether oxygens (including phenoxy) is 1. The molecule has 124 valence electrons. The van der Waals surface area contributed by atoms with E-state index in [1.54, 1.807) is 59.8 Å². The smallest absolute Gasteiger partial charge is 0.328 e. The number of amides is 1. The second-order valence-corrected chi connectivity index (χ2v) is 5.35. The number of rotatable bonds is 4. The van der Waals surface area contributed by atoms with Gasteiger partial charge >= 0.3 is 5.69 Å². The summed E-state index contributed by atoms with van der Waals surface area (Å²) in [7, 11) is 3.41. The lowest BCUT2D eigenvalue weighted by Gasteiger charge is -2.09. The van der Waals surface area contributed by atoms with Gasteiger partial charge in [-0.15, -0.1) is 0 Å². The monoisotopic (exact) mass is 326 g/mol. The van der Waals surface area contributed by atoms with Gasteiger partial charge in [-0.2, -0.15) is 0 Å². The van der Waals surface area contributed by atoms with Crippen molar-refractivity contribution >= 4 is 22.6 Å². The maximum Gasteiger partial charge on any atom is 0.328 e. The van der Waals surface area contributed by atoms with Crippen molar-refractivity contribution in [3.8, 4) is 5.88 Å². The third-order valence-corrected chi connectivity index (χ3v) is 3.83. The molecule has 0 aliphatic rings. The lowest BCUT2D eigenvalue weighted by Crippen LogP contribution is -2.19. The van der Waals surface area contributed by atoms with Crippen LogP contribution in [0, 0.1) is 0 Å². The number of carbonyl (C=O) groups excluding carboxylic acids is 1. The van der Waals surface area contributed by atoms with Crippen molar-refractivity contribution in [1.82, 2.24) is 14.1 Å². The first-order valence-electron chi connectivity index (χ1n) is 7.57. The van der Waals surface area contributed by atoms with E-state index in [1.165, 1.54) is 0 Å². The van der Waals surface area contributed by atoms with Crippen LogP contribution in [0.4, 0.5) is 5.69 Å². The van der Waals surface area contributed by atoms with Gasteiger partial charge in [-0.05, 0) is 37.3 Å².